The molecule has 1 aromatic carbocycles. The highest BCUT2D eigenvalue weighted by molar-refractivity contribution is 8.00. The Hall–Kier alpha value is -2.39. The molecular formula is C24H24N2O5S2. The number of aliphatic carboxylic acids is 1. The Morgan fingerprint density at radius 2 is 1.76 bits per heavy atom. The van der Waals surface area contributed by atoms with Gasteiger partial charge in [-0.25, -0.2) is 4.79 Å². The predicted octanol–water partition coefficient (Wildman–Crippen LogP) is 3.02. The molecule has 0 unspecified atom stereocenters. The number of thiazole rings is 1. The fourth-order valence-corrected chi connectivity index (χ4v) is 9.93. The number of aromatic nitrogens is 1. The van der Waals surface area contributed by atoms with Gasteiger partial charge in [-0.2, -0.15) is 0 Å². The molecular weight excluding hydrogens is 460 g/mol. The van der Waals surface area contributed by atoms with E-state index < -0.39 is 23.8 Å². The van der Waals surface area contributed by atoms with E-state index in [9.17, 15) is 24.3 Å². The summed E-state index contributed by atoms with van der Waals surface area (Å²) in [7, 11) is 0. The van der Waals surface area contributed by atoms with Gasteiger partial charge in [0, 0.05) is 16.0 Å². The molecule has 33 heavy (non-hydrogen) atoms. The minimum Gasteiger partial charge on any atom is -0.480 e. The van der Waals surface area contributed by atoms with Crippen molar-refractivity contribution in [3.8, 4) is 0 Å². The number of likely N-dealkylation sites (tertiary alicyclic amines) is 1. The van der Waals surface area contributed by atoms with E-state index in [-0.39, 0.29) is 51.5 Å². The summed E-state index contributed by atoms with van der Waals surface area (Å²) in [6.07, 6.45) is 0.797. The molecule has 0 spiro atoms. The zero-order valence-corrected chi connectivity index (χ0v) is 19.8. The number of nitrogens with one attached hydrogen (secondary N) is 1. The summed E-state index contributed by atoms with van der Waals surface area (Å²) in [5.41, 5.74) is 1.12. The SMILES string of the molecule is CC(C)[C@H](C(=O)O)N1C(=O)[C@@H]2[C@H]3C[C@@H]([C@@H]2C1=O)[C@@H]1[C@H](c2ccccc2)c2sc(=O)[nH]c2S[C@H]31. The van der Waals surface area contributed by atoms with Crippen molar-refractivity contribution in [2.75, 3.05) is 0 Å². The normalized spacial score (nSPS) is 35.0. The molecule has 3 fully saturated rings. The fraction of sp³-hybridized carbons (Fsp3) is 0.500. The van der Waals surface area contributed by atoms with Gasteiger partial charge in [-0.1, -0.05) is 55.5 Å². The van der Waals surface area contributed by atoms with E-state index in [2.05, 4.69) is 17.1 Å². The van der Waals surface area contributed by atoms with Crippen LogP contribution >= 0.6 is 23.1 Å². The van der Waals surface area contributed by atoms with Crippen LogP contribution in [0.4, 0.5) is 0 Å². The molecule has 2 saturated carbocycles. The van der Waals surface area contributed by atoms with Gasteiger partial charge in [0.1, 0.15) is 6.04 Å². The lowest BCUT2D eigenvalue weighted by Crippen LogP contribution is -2.49. The summed E-state index contributed by atoms with van der Waals surface area (Å²) in [4.78, 5) is 56.3. The maximum Gasteiger partial charge on any atom is 0.327 e. The minimum absolute atomic E-state index is 0.000761. The van der Waals surface area contributed by atoms with Crippen LogP contribution in [0, 0.1) is 35.5 Å². The van der Waals surface area contributed by atoms with Crippen LogP contribution in [0.15, 0.2) is 40.2 Å². The molecule has 2 aromatic rings. The number of carboxylic acids is 1. The zero-order chi connectivity index (χ0) is 23.2. The van der Waals surface area contributed by atoms with Crippen molar-refractivity contribution in [2.45, 2.75) is 42.5 Å². The van der Waals surface area contributed by atoms with E-state index in [1.807, 2.05) is 18.2 Å². The summed E-state index contributed by atoms with van der Waals surface area (Å²) in [6.45, 7) is 3.47. The third-order valence-corrected chi connectivity index (χ3v) is 10.7. The third kappa shape index (κ3) is 2.81. The first-order chi connectivity index (χ1) is 15.8. The number of thioether (sulfide) groups is 1. The number of H-pyrrole nitrogens is 1. The number of amides is 2. The van der Waals surface area contributed by atoms with Crippen molar-refractivity contribution in [1.29, 1.82) is 0 Å². The summed E-state index contributed by atoms with van der Waals surface area (Å²) in [5, 5.41) is 10.8. The summed E-state index contributed by atoms with van der Waals surface area (Å²) in [5.74, 6) is -2.94. The summed E-state index contributed by atoms with van der Waals surface area (Å²) < 4.78 is 0. The molecule has 2 bridgehead atoms. The molecule has 8 atom stereocenters. The highest BCUT2D eigenvalue weighted by Gasteiger charge is 2.70. The lowest BCUT2D eigenvalue weighted by atomic mass is 9.68. The van der Waals surface area contributed by atoms with Gasteiger partial charge < -0.3 is 10.1 Å². The standard InChI is InChI=1S/C24H24N2O5S2/c1-9(2)17(23(29)30)26-21(27)15-11-8-12(16(15)22(26)28)18-14(11)13(10-6-4-3-5-7-10)19-20(32-18)25-24(31)33-19/h3-7,9,11-18H,8H2,1-2H3,(H,25,31)(H,29,30)/t11-,12-,13+,14-,15+,16-,17-,18-/m1/s1. The fourth-order valence-electron chi connectivity index (χ4n) is 7.04. The van der Waals surface area contributed by atoms with Gasteiger partial charge in [-0.3, -0.25) is 19.3 Å². The van der Waals surface area contributed by atoms with Crippen molar-refractivity contribution >= 4 is 40.9 Å². The van der Waals surface area contributed by atoms with E-state index in [1.165, 1.54) is 11.3 Å². The first-order valence-electron chi connectivity index (χ1n) is 11.3. The lowest BCUT2D eigenvalue weighted by molar-refractivity contribution is -0.157. The zero-order valence-electron chi connectivity index (χ0n) is 18.1. The summed E-state index contributed by atoms with van der Waals surface area (Å²) in [6, 6.07) is 8.95. The number of carboxylic acid groups (broad SMARTS) is 1. The number of imide groups is 1. The number of hydrogen-bond acceptors (Lipinski definition) is 6. The van der Waals surface area contributed by atoms with Crippen LogP contribution in [-0.4, -0.2) is 44.1 Å². The molecule has 1 aromatic heterocycles. The first kappa shape index (κ1) is 21.2. The molecule has 2 amide bonds. The van der Waals surface area contributed by atoms with Crippen LogP contribution in [-0.2, 0) is 14.4 Å². The van der Waals surface area contributed by atoms with Gasteiger partial charge in [0.15, 0.2) is 0 Å². The Kier molecular flexibility index (Phi) is 4.68. The van der Waals surface area contributed by atoms with Crippen molar-refractivity contribution in [2.24, 2.45) is 35.5 Å². The number of carbonyl (C=O) groups is 3. The Morgan fingerprint density at radius 1 is 1.09 bits per heavy atom. The Balaban J connectivity index is 1.44. The van der Waals surface area contributed by atoms with Gasteiger partial charge in [-0.05, 0) is 35.7 Å². The number of benzene rings is 1. The molecule has 6 rings (SSSR count). The van der Waals surface area contributed by atoms with Crippen LogP contribution in [0.2, 0.25) is 0 Å². The molecule has 0 radical (unpaired) electrons. The second-order valence-electron chi connectivity index (χ2n) is 9.94. The van der Waals surface area contributed by atoms with E-state index >= 15 is 0 Å². The molecule has 172 valence electrons. The van der Waals surface area contributed by atoms with E-state index in [4.69, 9.17) is 0 Å². The first-order valence-corrected chi connectivity index (χ1v) is 13.0. The number of hydrogen-bond donors (Lipinski definition) is 2. The topological polar surface area (TPSA) is 108 Å². The monoisotopic (exact) mass is 484 g/mol. The maximum absolute atomic E-state index is 13.6. The van der Waals surface area contributed by atoms with Crippen LogP contribution in [0.5, 0.6) is 0 Å². The number of carbonyl (C=O) groups excluding carboxylic acids is 2. The van der Waals surface area contributed by atoms with E-state index in [0.29, 0.717) is 0 Å². The number of aromatic amines is 1. The molecule has 2 N–H and O–H groups in total. The van der Waals surface area contributed by atoms with Crippen molar-refractivity contribution < 1.29 is 19.5 Å². The maximum atomic E-state index is 13.6. The average Bonchev–Trinajstić information content (AvgIpc) is 3.49. The highest BCUT2D eigenvalue weighted by atomic mass is 32.2. The minimum atomic E-state index is -1.13. The molecule has 7 nitrogen and oxygen atoms in total. The van der Waals surface area contributed by atoms with Crippen LogP contribution in [0.25, 0.3) is 0 Å². The smallest absolute Gasteiger partial charge is 0.327 e. The number of rotatable bonds is 4. The van der Waals surface area contributed by atoms with Gasteiger partial charge in [0.2, 0.25) is 11.8 Å². The van der Waals surface area contributed by atoms with Crippen molar-refractivity contribution in [1.82, 2.24) is 9.88 Å². The Labute approximate surface area is 198 Å². The molecule has 2 aliphatic carbocycles. The number of nitrogens with zero attached hydrogens (tertiary/aromatic N) is 1. The lowest BCUT2D eigenvalue weighted by Gasteiger charge is -2.43. The van der Waals surface area contributed by atoms with Crippen LogP contribution in [0.3, 0.4) is 0 Å². The molecule has 2 aliphatic heterocycles. The Morgan fingerprint density at radius 3 is 2.39 bits per heavy atom. The van der Waals surface area contributed by atoms with E-state index in [0.717, 1.165) is 26.8 Å². The summed E-state index contributed by atoms with van der Waals surface area (Å²) >= 11 is 2.88. The van der Waals surface area contributed by atoms with Gasteiger partial charge in [-0.15, -0.1) is 11.8 Å². The van der Waals surface area contributed by atoms with Crippen LogP contribution in [0.1, 0.15) is 36.6 Å². The number of fused-ring (bicyclic) bond motifs is 9. The van der Waals surface area contributed by atoms with Gasteiger partial charge in [0.25, 0.3) is 0 Å². The average molecular weight is 485 g/mol. The quantitative estimate of drug-likeness (QED) is 0.646. The second-order valence-corrected chi connectivity index (χ2v) is 12.1. The largest absolute Gasteiger partial charge is 0.480 e. The van der Waals surface area contributed by atoms with Crippen molar-refractivity contribution in [3.05, 3.63) is 50.4 Å². The molecule has 4 aliphatic rings. The molecule has 3 heterocycles. The highest BCUT2D eigenvalue weighted by Crippen LogP contribution is 2.68. The van der Waals surface area contributed by atoms with Gasteiger partial charge in [0.05, 0.1) is 16.9 Å². The third-order valence-electron chi connectivity index (χ3n) is 8.08. The Bertz CT molecular complexity index is 1220. The van der Waals surface area contributed by atoms with E-state index in [1.54, 1.807) is 25.6 Å². The predicted molar refractivity (Wildman–Crippen MR) is 123 cm³/mol. The van der Waals surface area contributed by atoms with Crippen LogP contribution < -0.4 is 4.87 Å². The van der Waals surface area contributed by atoms with Gasteiger partial charge >= 0.3 is 10.8 Å². The second kappa shape index (κ2) is 7.30. The molecule has 9 heteroatoms. The molecule has 1 saturated heterocycles. The van der Waals surface area contributed by atoms with Crippen molar-refractivity contribution in [3.63, 3.8) is 0 Å².